The van der Waals surface area contributed by atoms with Crippen molar-refractivity contribution in [2.45, 2.75) is 37.9 Å². The number of hydrogen-bond donors (Lipinski definition) is 3. The minimum absolute atomic E-state index is 0.204. The van der Waals surface area contributed by atoms with E-state index in [0.29, 0.717) is 12.2 Å². The molecule has 4 rings (SSSR count). The maximum Gasteiger partial charge on any atom is 0.125 e. The van der Waals surface area contributed by atoms with Crippen molar-refractivity contribution >= 4 is 16.6 Å². The Bertz CT molecular complexity index is 882. The Balaban J connectivity index is 1.59. The largest absolute Gasteiger partial charge is 0.508 e. The highest BCUT2D eigenvalue weighted by molar-refractivity contribution is 8.23. The van der Waals surface area contributed by atoms with Crippen molar-refractivity contribution in [2.24, 2.45) is 0 Å². The average molecular weight is 422 g/mol. The number of likely N-dealkylation sites (N-methyl/N-ethyl adjacent to an activating group) is 1. The summed E-state index contributed by atoms with van der Waals surface area (Å²) >= 11 is 0. The lowest BCUT2D eigenvalue weighted by Gasteiger charge is -2.51. The van der Waals surface area contributed by atoms with E-state index >= 15 is 0 Å². The Morgan fingerprint density at radius 3 is 2.55 bits per heavy atom. The van der Waals surface area contributed by atoms with Gasteiger partial charge in [0.05, 0.1) is 11.2 Å². The fourth-order valence-corrected chi connectivity index (χ4v) is 6.57. The minimum Gasteiger partial charge on any atom is -0.508 e. The SMILES string of the molecule is C[C@H]1C[C@]2(CCN1Cc1ccc(O)cc1)CN(C)S(O)(O)N2c1cccc(F)c1. The summed E-state index contributed by atoms with van der Waals surface area (Å²) in [6.45, 7) is 4.22. The van der Waals surface area contributed by atoms with Gasteiger partial charge in [0, 0.05) is 32.7 Å². The number of nitrogens with zero attached hydrogens (tertiary/aromatic N) is 3. The summed E-state index contributed by atoms with van der Waals surface area (Å²) in [5.74, 6) is -0.135. The third-order valence-electron chi connectivity index (χ3n) is 6.14. The van der Waals surface area contributed by atoms with Crippen LogP contribution in [-0.4, -0.2) is 55.1 Å². The van der Waals surface area contributed by atoms with E-state index in [1.54, 1.807) is 39.9 Å². The molecule has 1 spiro atoms. The van der Waals surface area contributed by atoms with Gasteiger partial charge < -0.3 is 5.11 Å². The number of phenolic OH excluding ortho intramolecular Hbond substituents is 1. The van der Waals surface area contributed by atoms with Gasteiger partial charge in [-0.3, -0.25) is 18.3 Å². The molecule has 8 heteroatoms. The van der Waals surface area contributed by atoms with Crippen molar-refractivity contribution in [3.8, 4) is 5.75 Å². The first-order chi connectivity index (χ1) is 13.7. The molecular formula is C21H28FN3O3S. The van der Waals surface area contributed by atoms with Gasteiger partial charge >= 0.3 is 0 Å². The third-order valence-corrected chi connectivity index (χ3v) is 8.19. The second kappa shape index (κ2) is 7.45. The lowest BCUT2D eigenvalue weighted by molar-refractivity contribution is 0.100. The molecule has 2 fully saturated rings. The molecule has 0 radical (unpaired) electrons. The van der Waals surface area contributed by atoms with E-state index in [0.717, 1.165) is 31.5 Å². The number of anilines is 1. The normalized spacial score (nSPS) is 28.7. The van der Waals surface area contributed by atoms with Crippen molar-refractivity contribution in [1.82, 2.24) is 9.21 Å². The van der Waals surface area contributed by atoms with E-state index < -0.39 is 16.5 Å². The minimum atomic E-state index is -3.19. The molecule has 2 aromatic carbocycles. The molecule has 0 aliphatic carbocycles. The number of benzene rings is 2. The van der Waals surface area contributed by atoms with Gasteiger partial charge in [-0.25, -0.2) is 4.39 Å². The van der Waals surface area contributed by atoms with Crippen molar-refractivity contribution in [2.75, 3.05) is 24.4 Å². The van der Waals surface area contributed by atoms with Crippen molar-refractivity contribution in [3.63, 3.8) is 0 Å². The lowest BCUT2D eigenvalue weighted by Crippen LogP contribution is -2.57. The monoisotopic (exact) mass is 421 g/mol. The van der Waals surface area contributed by atoms with Crippen LogP contribution in [0.5, 0.6) is 5.75 Å². The standard InChI is InChI=1S/C21H28FN3O3S/c1-16-13-21(10-11-24(16)14-17-6-8-20(26)9-7-17)15-23(2)29(27,28)25(21)19-5-3-4-18(22)12-19/h3-9,12,16,26-28H,10-11,13-15H2,1-2H3/t16-,21+/m0/s1. The van der Waals surface area contributed by atoms with Crippen LogP contribution < -0.4 is 4.31 Å². The molecule has 2 atom stereocenters. The number of piperidine rings is 1. The first-order valence-corrected chi connectivity index (χ1v) is 11.2. The predicted octanol–water partition coefficient (Wildman–Crippen LogP) is 4.29. The van der Waals surface area contributed by atoms with Gasteiger partial charge in [-0.1, -0.05) is 29.2 Å². The molecule has 2 aliphatic heterocycles. The van der Waals surface area contributed by atoms with Gasteiger partial charge in [-0.15, -0.1) is 0 Å². The maximum absolute atomic E-state index is 13.9. The van der Waals surface area contributed by atoms with Crippen LogP contribution in [0.15, 0.2) is 48.5 Å². The van der Waals surface area contributed by atoms with Crippen LogP contribution in [0.2, 0.25) is 0 Å². The Morgan fingerprint density at radius 2 is 1.90 bits per heavy atom. The number of hydrogen-bond acceptors (Lipinski definition) is 6. The lowest BCUT2D eigenvalue weighted by atomic mass is 9.82. The molecule has 2 heterocycles. The molecule has 0 bridgehead atoms. The van der Waals surface area contributed by atoms with Gasteiger partial charge in [0.15, 0.2) is 0 Å². The topological polar surface area (TPSA) is 70.4 Å². The highest BCUT2D eigenvalue weighted by Crippen LogP contribution is 2.61. The highest BCUT2D eigenvalue weighted by Gasteiger charge is 2.55. The summed E-state index contributed by atoms with van der Waals surface area (Å²) in [5.41, 5.74) is 1.17. The molecule has 29 heavy (non-hydrogen) atoms. The van der Waals surface area contributed by atoms with E-state index in [1.165, 1.54) is 12.1 Å². The first-order valence-electron chi connectivity index (χ1n) is 9.79. The number of halogens is 1. The van der Waals surface area contributed by atoms with E-state index in [1.807, 2.05) is 12.1 Å². The molecular weight excluding hydrogens is 393 g/mol. The van der Waals surface area contributed by atoms with Crippen LogP contribution in [0.25, 0.3) is 0 Å². The number of rotatable bonds is 3. The maximum atomic E-state index is 13.9. The average Bonchev–Trinajstić information content (AvgIpc) is 2.84. The quantitative estimate of drug-likeness (QED) is 0.687. The van der Waals surface area contributed by atoms with Crippen LogP contribution in [-0.2, 0) is 6.54 Å². The predicted molar refractivity (Wildman–Crippen MR) is 114 cm³/mol. The Hall–Kier alpha value is -1.84. The van der Waals surface area contributed by atoms with Crippen LogP contribution in [0.4, 0.5) is 10.1 Å². The summed E-state index contributed by atoms with van der Waals surface area (Å²) in [4.78, 5) is 2.37. The molecule has 2 aliphatic rings. The molecule has 6 nitrogen and oxygen atoms in total. The molecule has 0 saturated carbocycles. The highest BCUT2D eigenvalue weighted by atomic mass is 32.3. The Labute approximate surface area is 172 Å². The molecule has 0 aromatic heterocycles. The van der Waals surface area contributed by atoms with Gasteiger partial charge in [0.25, 0.3) is 0 Å². The van der Waals surface area contributed by atoms with Crippen LogP contribution in [0, 0.1) is 5.82 Å². The van der Waals surface area contributed by atoms with Gasteiger partial charge in [-0.2, -0.15) is 4.31 Å². The third kappa shape index (κ3) is 3.71. The van der Waals surface area contributed by atoms with Crippen molar-refractivity contribution < 1.29 is 18.6 Å². The smallest absolute Gasteiger partial charge is 0.125 e. The van der Waals surface area contributed by atoms with Crippen LogP contribution in [0.3, 0.4) is 0 Å². The molecule has 3 N–H and O–H groups in total. The Kier molecular flexibility index (Phi) is 5.25. The number of likely N-dealkylation sites (tertiary alicyclic amines) is 1. The Morgan fingerprint density at radius 1 is 1.17 bits per heavy atom. The zero-order chi connectivity index (χ0) is 20.8. The fourth-order valence-electron chi connectivity index (χ4n) is 4.73. The molecule has 2 aromatic rings. The summed E-state index contributed by atoms with van der Waals surface area (Å²) in [7, 11) is -1.48. The fraction of sp³-hybridized carbons (Fsp3) is 0.429. The van der Waals surface area contributed by atoms with E-state index in [2.05, 4.69) is 11.8 Å². The molecule has 0 unspecified atom stereocenters. The van der Waals surface area contributed by atoms with Crippen molar-refractivity contribution in [1.29, 1.82) is 0 Å². The molecule has 2 saturated heterocycles. The molecule has 158 valence electrons. The zero-order valence-electron chi connectivity index (χ0n) is 16.7. The summed E-state index contributed by atoms with van der Waals surface area (Å²) in [6, 6.07) is 13.5. The number of phenols is 1. The van der Waals surface area contributed by atoms with E-state index in [4.69, 9.17) is 0 Å². The first kappa shape index (κ1) is 20.4. The van der Waals surface area contributed by atoms with Gasteiger partial charge in [0.1, 0.15) is 11.6 Å². The second-order valence-electron chi connectivity index (χ2n) is 8.21. The van der Waals surface area contributed by atoms with E-state index in [-0.39, 0.29) is 17.6 Å². The summed E-state index contributed by atoms with van der Waals surface area (Å²) in [6.07, 6.45) is 1.48. The zero-order valence-corrected chi connectivity index (χ0v) is 17.5. The molecule has 0 amide bonds. The van der Waals surface area contributed by atoms with Gasteiger partial charge in [0.2, 0.25) is 0 Å². The summed E-state index contributed by atoms with van der Waals surface area (Å²) < 4.78 is 39.0. The second-order valence-corrected chi connectivity index (χ2v) is 10.2. The summed E-state index contributed by atoms with van der Waals surface area (Å²) in [5, 5.41) is 9.49. The van der Waals surface area contributed by atoms with Crippen LogP contribution in [0.1, 0.15) is 25.3 Å². The van der Waals surface area contributed by atoms with Crippen LogP contribution >= 0.6 is 11.0 Å². The van der Waals surface area contributed by atoms with E-state index in [9.17, 15) is 18.6 Å². The van der Waals surface area contributed by atoms with Crippen molar-refractivity contribution in [3.05, 3.63) is 59.9 Å². The number of aromatic hydroxyl groups is 1. The van der Waals surface area contributed by atoms with Gasteiger partial charge in [-0.05, 0) is 55.7 Å².